The van der Waals surface area contributed by atoms with Crippen LogP contribution in [0.15, 0.2) is 72.8 Å². The van der Waals surface area contributed by atoms with E-state index in [1.54, 1.807) is 38.5 Å². The monoisotopic (exact) mass is 474 g/mol. The maximum absolute atomic E-state index is 13.7. The number of methoxy groups -OCH3 is 2. The molecule has 5 rings (SSSR count). The summed E-state index contributed by atoms with van der Waals surface area (Å²) in [5, 5.41) is 3.26. The standard InChI is InChI=1S/C29H31FN2O3/c1-34-25-13-6-4-11-23(25)28(33)31-26-22-10-3-5-12-24(22)29(27(26)35-2)14-16-32(17-15-29)19-20-8-7-9-21(30)18-20/h3-13,18,26-27H,14-17,19H2,1-2H3,(H,31,33)/t26-,27+/m1/s1. The molecule has 0 radical (unpaired) electrons. The van der Waals surface area contributed by atoms with E-state index in [-0.39, 0.29) is 29.3 Å². The molecule has 1 fully saturated rings. The van der Waals surface area contributed by atoms with Gasteiger partial charge in [-0.15, -0.1) is 0 Å². The number of hydrogen-bond donors (Lipinski definition) is 1. The number of rotatable bonds is 6. The zero-order valence-corrected chi connectivity index (χ0v) is 20.2. The lowest BCUT2D eigenvalue weighted by Crippen LogP contribution is -2.50. The molecule has 3 aromatic carbocycles. The first-order valence-corrected chi connectivity index (χ1v) is 12.1. The highest BCUT2D eigenvalue weighted by Crippen LogP contribution is 2.52. The maximum Gasteiger partial charge on any atom is 0.255 e. The average Bonchev–Trinajstić information content (AvgIpc) is 3.13. The second-order valence-corrected chi connectivity index (χ2v) is 9.46. The molecule has 182 valence electrons. The molecule has 2 aliphatic rings. The van der Waals surface area contributed by atoms with Crippen molar-refractivity contribution in [3.05, 3.63) is 101 Å². The molecule has 1 aliphatic carbocycles. The lowest BCUT2D eigenvalue weighted by molar-refractivity contribution is -0.0122. The molecule has 1 aliphatic heterocycles. The number of para-hydroxylation sites is 1. The molecule has 1 amide bonds. The molecule has 35 heavy (non-hydrogen) atoms. The minimum atomic E-state index is -0.261. The van der Waals surface area contributed by atoms with Crippen LogP contribution in [-0.4, -0.2) is 44.2 Å². The number of halogens is 1. The van der Waals surface area contributed by atoms with Gasteiger partial charge in [-0.25, -0.2) is 4.39 Å². The predicted molar refractivity (Wildman–Crippen MR) is 133 cm³/mol. The van der Waals surface area contributed by atoms with Gasteiger partial charge in [0.1, 0.15) is 11.6 Å². The highest BCUT2D eigenvalue weighted by atomic mass is 19.1. The van der Waals surface area contributed by atoms with Gasteiger partial charge < -0.3 is 14.8 Å². The van der Waals surface area contributed by atoms with Crippen molar-refractivity contribution in [1.29, 1.82) is 0 Å². The third-order valence-electron chi connectivity index (χ3n) is 7.62. The van der Waals surface area contributed by atoms with Gasteiger partial charge in [-0.2, -0.15) is 0 Å². The number of piperidine rings is 1. The molecule has 0 bridgehead atoms. The van der Waals surface area contributed by atoms with Crippen molar-refractivity contribution in [3.8, 4) is 5.75 Å². The Balaban J connectivity index is 1.39. The van der Waals surface area contributed by atoms with Crippen LogP contribution < -0.4 is 10.1 Å². The van der Waals surface area contributed by atoms with Crippen LogP contribution in [-0.2, 0) is 16.7 Å². The number of likely N-dealkylation sites (tertiary alicyclic amines) is 1. The molecule has 0 aromatic heterocycles. The molecule has 0 unspecified atom stereocenters. The number of carbonyl (C=O) groups excluding carboxylic acids is 1. The van der Waals surface area contributed by atoms with Gasteiger partial charge in [0.2, 0.25) is 0 Å². The number of nitrogens with zero attached hydrogens (tertiary/aromatic N) is 1. The lowest BCUT2D eigenvalue weighted by Gasteiger charge is -2.44. The number of amides is 1. The molecule has 0 saturated carbocycles. The van der Waals surface area contributed by atoms with Gasteiger partial charge in [-0.05, 0) is 66.9 Å². The summed E-state index contributed by atoms with van der Waals surface area (Å²) in [5.74, 6) is 0.171. The van der Waals surface area contributed by atoms with E-state index in [0.717, 1.165) is 43.6 Å². The molecule has 1 spiro atoms. The zero-order valence-electron chi connectivity index (χ0n) is 20.2. The van der Waals surface area contributed by atoms with E-state index in [4.69, 9.17) is 9.47 Å². The van der Waals surface area contributed by atoms with Gasteiger partial charge in [-0.1, -0.05) is 48.5 Å². The van der Waals surface area contributed by atoms with E-state index in [2.05, 4.69) is 28.4 Å². The Hall–Kier alpha value is -3.22. The summed E-state index contributed by atoms with van der Waals surface area (Å²) in [6.45, 7) is 2.47. The summed E-state index contributed by atoms with van der Waals surface area (Å²) in [6.07, 6.45) is 1.62. The minimum Gasteiger partial charge on any atom is -0.496 e. The van der Waals surface area contributed by atoms with Crippen LogP contribution in [0, 0.1) is 5.82 Å². The van der Waals surface area contributed by atoms with E-state index in [9.17, 15) is 9.18 Å². The zero-order chi connectivity index (χ0) is 24.4. The Labute approximate surface area is 205 Å². The second kappa shape index (κ2) is 9.80. The summed E-state index contributed by atoms with van der Waals surface area (Å²) in [4.78, 5) is 15.7. The predicted octanol–water partition coefficient (Wildman–Crippen LogP) is 4.87. The van der Waals surface area contributed by atoms with E-state index >= 15 is 0 Å². The highest BCUT2D eigenvalue weighted by Gasteiger charge is 2.54. The molecule has 1 heterocycles. The number of hydrogen-bond acceptors (Lipinski definition) is 4. The van der Waals surface area contributed by atoms with Crippen molar-refractivity contribution in [2.75, 3.05) is 27.3 Å². The molecule has 1 saturated heterocycles. The second-order valence-electron chi connectivity index (χ2n) is 9.46. The maximum atomic E-state index is 13.7. The van der Waals surface area contributed by atoms with E-state index in [1.165, 1.54) is 11.6 Å². The van der Waals surface area contributed by atoms with Crippen LogP contribution in [0.1, 0.15) is 45.9 Å². The van der Waals surface area contributed by atoms with Crippen LogP contribution >= 0.6 is 0 Å². The van der Waals surface area contributed by atoms with Crippen molar-refractivity contribution in [2.24, 2.45) is 0 Å². The fourth-order valence-corrected chi connectivity index (χ4v) is 5.98. The van der Waals surface area contributed by atoms with E-state index < -0.39 is 0 Å². The van der Waals surface area contributed by atoms with Crippen LogP contribution in [0.5, 0.6) is 5.75 Å². The van der Waals surface area contributed by atoms with Crippen molar-refractivity contribution >= 4 is 5.91 Å². The normalized spacial score (nSPS) is 21.0. The largest absolute Gasteiger partial charge is 0.496 e. The van der Waals surface area contributed by atoms with E-state index in [1.807, 2.05) is 24.3 Å². The Morgan fingerprint density at radius 3 is 2.51 bits per heavy atom. The lowest BCUT2D eigenvalue weighted by atomic mass is 9.71. The molecule has 6 heteroatoms. The smallest absolute Gasteiger partial charge is 0.255 e. The van der Waals surface area contributed by atoms with Gasteiger partial charge in [0.05, 0.1) is 24.8 Å². The van der Waals surface area contributed by atoms with Crippen molar-refractivity contribution < 1.29 is 18.7 Å². The topological polar surface area (TPSA) is 50.8 Å². The SMILES string of the molecule is COc1ccccc1C(=O)N[C@@H]1c2ccccc2C2(CCN(Cc3cccc(F)c3)CC2)[C@H]1OC. The molecular weight excluding hydrogens is 443 g/mol. The fourth-order valence-electron chi connectivity index (χ4n) is 5.98. The van der Waals surface area contributed by atoms with Gasteiger partial charge in [0.15, 0.2) is 0 Å². The molecule has 2 atom stereocenters. The van der Waals surface area contributed by atoms with Crippen molar-refractivity contribution in [3.63, 3.8) is 0 Å². The van der Waals surface area contributed by atoms with E-state index in [0.29, 0.717) is 11.3 Å². The minimum absolute atomic E-state index is 0.176. The molecular formula is C29H31FN2O3. The molecule has 3 aromatic rings. The Morgan fingerprint density at radius 1 is 1.03 bits per heavy atom. The van der Waals surface area contributed by atoms with Crippen LogP contribution in [0.2, 0.25) is 0 Å². The van der Waals surface area contributed by atoms with Gasteiger partial charge in [0.25, 0.3) is 5.91 Å². The number of carbonyl (C=O) groups is 1. The van der Waals surface area contributed by atoms with Gasteiger partial charge >= 0.3 is 0 Å². The summed E-state index contributed by atoms with van der Waals surface area (Å²) >= 11 is 0. The summed E-state index contributed by atoms with van der Waals surface area (Å²) < 4.78 is 25.2. The quantitative estimate of drug-likeness (QED) is 0.554. The number of ether oxygens (including phenoxy) is 2. The first-order valence-electron chi connectivity index (χ1n) is 12.1. The first kappa shape index (κ1) is 23.5. The molecule has 5 nitrogen and oxygen atoms in total. The highest BCUT2D eigenvalue weighted by molar-refractivity contribution is 5.97. The van der Waals surface area contributed by atoms with Gasteiger partial charge in [-0.3, -0.25) is 9.69 Å². The number of nitrogens with one attached hydrogen (secondary N) is 1. The van der Waals surface area contributed by atoms with Gasteiger partial charge in [0, 0.05) is 19.1 Å². The van der Waals surface area contributed by atoms with Crippen LogP contribution in [0.25, 0.3) is 0 Å². The Morgan fingerprint density at radius 2 is 1.77 bits per heavy atom. The number of benzene rings is 3. The van der Waals surface area contributed by atoms with Crippen LogP contribution in [0.3, 0.4) is 0 Å². The summed E-state index contributed by atoms with van der Waals surface area (Å²) in [7, 11) is 3.31. The third kappa shape index (κ3) is 4.32. The average molecular weight is 475 g/mol. The third-order valence-corrected chi connectivity index (χ3v) is 7.62. The van der Waals surface area contributed by atoms with Crippen molar-refractivity contribution in [1.82, 2.24) is 10.2 Å². The summed E-state index contributed by atoms with van der Waals surface area (Å²) in [5.41, 5.74) is 3.66. The fraction of sp³-hybridized carbons (Fsp3) is 0.345. The van der Waals surface area contributed by atoms with Crippen LogP contribution in [0.4, 0.5) is 4.39 Å². The first-order chi connectivity index (χ1) is 17.1. The van der Waals surface area contributed by atoms with Crippen molar-refractivity contribution in [2.45, 2.75) is 36.9 Å². The molecule has 1 N–H and O–H groups in total. The number of fused-ring (bicyclic) bond motifs is 2. The Kier molecular flexibility index (Phi) is 6.58. The Bertz CT molecular complexity index is 1210. The summed E-state index contributed by atoms with van der Waals surface area (Å²) in [6, 6.07) is 22.2.